The predicted octanol–water partition coefficient (Wildman–Crippen LogP) is 6.41. The van der Waals surface area contributed by atoms with Crippen molar-refractivity contribution < 1.29 is 28.3 Å². The summed E-state index contributed by atoms with van der Waals surface area (Å²) in [6, 6.07) is 13.1. The van der Waals surface area contributed by atoms with Gasteiger partial charge >= 0.3 is 5.97 Å². The third-order valence-electron chi connectivity index (χ3n) is 5.28. The SMILES string of the molecule is CCOC(=O)c1cc(-c2ccc(/C=C3/SC(=O)N(CC(=O)Nc4ccc(C)c(Cl)c4)C3=O)o2)ccc1Cl. The molecule has 0 radical (unpaired) electrons. The van der Waals surface area contributed by atoms with Crippen molar-refractivity contribution in [3.8, 4) is 11.3 Å². The molecule has 1 fully saturated rings. The number of imide groups is 1. The van der Waals surface area contributed by atoms with Crippen LogP contribution in [0.1, 0.15) is 28.6 Å². The largest absolute Gasteiger partial charge is 0.462 e. The van der Waals surface area contributed by atoms with Gasteiger partial charge in [0.05, 0.1) is 22.1 Å². The quantitative estimate of drug-likeness (QED) is 0.263. The van der Waals surface area contributed by atoms with Gasteiger partial charge in [0.2, 0.25) is 5.91 Å². The van der Waals surface area contributed by atoms with E-state index >= 15 is 0 Å². The fourth-order valence-corrected chi connectivity index (χ4v) is 4.60. The molecule has 190 valence electrons. The molecule has 0 saturated carbocycles. The second-order valence-corrected chi connectivity index (χ2v) is 9.70. The molecule has 1 saturated heterocycles. The molecule has 3 amide bonds. The summed E-state index contributed by atoms with van der Waals surface area (Å²) in [5, 5.41) is 2.79. The average molecular weight is 559 g/mol. The zero-order valence-electron chi connectivity index (χ0n) is 19.7. The molecule has 0 spiro atoms. The summed E-state index contributed by atoms with van der Waals surface area (Å²) >= 11 is 12.9. The molecule has 37 heavy (non-hydrogen) atoms. The Morgan fingerprint density at radius 1 is 1.08 bits per heavy atom. The number of nitrogens with one attached hydrogen (secondary N) is 1. The van der Waals surface area contributed by atoms with E-state index in [1.54, 1.807) is 55.5 Å². The van der Waals surface area contributed by atoms with E-state index < -0.39 is 29.6 Å². The minimum Gasteiger partial charge on any atom is -0.462 e. The number of nitrogens with zero attached hydrogens (tertiary/aromatic N) is 1. The van der Waals surface area contributed by atoms with Crippen molar-refractivity contribution in [3.63, 3.8) is 0 Å². The third-order valence-corrected chi connectivity index (χ3v) is 6.92. The standard InChI is InChI=1S/C26H20Cl2N2O6S/c1-3-35-25(33)18-10-15(5-8-19(18)27)21-9-7-17(36-21)12-22-24(32)30(26(34)37-22)13-23(31)29-16-6-4-14(2)20(28)11-16/h4-12H,3,13H2,1-2H3,(H,29,31)/b22-12+. The number of carbonyl (C=O) groups is 4. The topological polar surface area (TPSA) is 106 Å². The first-order chi connectivity index (χ1) is 17.7. The van der Waals surface area contributed by atoms with Crippen LogP contribution in [0.2, 0.25) is 10.0 Å². The van der Waals surface area contributed by atoms with Crippen LogP contribution >= 0.6 is 35.0 Å². The summed E-state index contributed by atoms with van der Waals surface area (Å²) in [5.41, 5.74) is 2.09. The number of esters is 1. The molecule has 2 aromatic carbocycles. The van der Waals surface area contributed by atoms with Crippen molar-refractivity contribution in [2.24, 2.45) is 0 Å². The van der Waals surface area contributed by atoms with E-state index in [4.69, 9.17) is 32.4 Å². The normalized spacial score (nSPS) is 14.4. The van der Waals surface area contributed by atoms with Crippen LogP contribution in [-0.4, -0.2) is 41.1 Å². The highest BCUT2D eigenvalue weighted by Gasteiger charge is 2.36. The summed E-state index contributed by atoms with van der Waals surface area (Å²) in [6.07, 6.45) is 1.42. The van der Waals surface area contributed by atoms with Gasteiger partial charge in [0.1, 0.15) is 18.1 Å². The molecule has 11 heteroatoms. The highest BCUT2D eigenvalue weighted by molar-refractivity contribution is 8.18. The summed E-state index contributed by atoms with van der Waals surface area (Å²) in [4.78, 5) is 50.8. The Labute approximate surface area is 226 Å². The van der Waals surface area contributed by atoms with E-state index in [2.05, 4.69) is 5.32 Å². The smallest absolute Gasteiger partial charge is 0.339 e. The van der Waals surface area contributed by atoms with Crippen LogP contribution < -0.4 is 5.32 Å². The van der Waals surface area contributed by atoms with E-state index in [-0.39, 0.29) is 22.1 Å². The molecule has 0 aliphatic carbocycles. The van der Waals surface area contributed by atoms with Crippen molar-refractivity contribution in [2.75, 3.05) is 18.5 Å². The molecular formula is C26H20Cl2N2O6S. The monoisotopic (exact) mass is 558 g/mol. The van der Waals surface area contributed by atoms with Gasteiger partial charge in [-0.2, -0.15) is 0 Å². The van der Waals surface area contributed by atoms with Gasteiger partial charge in [0.25, 0.3) is 11.1 Å². The number of aryl methyl sites for hydroxylation is 1. The maximum absolute atomic E-state index is 12.8. The van der Waals surface area contributed by atoms with Crippen LogP contribution in [0.5, 0.6) is 0 Å². The molecule has 1 aliphatic rings. The Bertz CT molecular complexity index is 1450. The molecule has 2 heterocycles. The number of amides is 3. The van der Waals surface area contributed by atoms with Crippen LogP contribution in [0.15, 0.2) is 57.9 Å². The molecule has 1 aliphatic heterocycles. The Hall–Kier alpha value is -3.53. The molecule has 4 rings (SSSR count). The van der Waals surface area contributed by atoms with Gasteiger partial charge in [-0.15, -0.1) is 0 Å². The molecule has 0 unspecified atom stereocenters. The van der Waals surface area contributed by atoms with E-state index in [1.807, 2.05) is 6.92 Å². The van der Waals surface area contributed by atoms with Gasteiger partial charge in [0, 0.05) is 22.3 Å². The molecule has 1 aromatic heterocycles. The number of carbonyl (C=O) groups excluding carboxylic acids is 4. The van der Waals surface area contributed by atoms with E-state index in [0.717, 1.165) is 10.5 Å². The number of hydrogen-bond acceptors (Lipinski definition) is 7. The number of furan rings is 1. The lowest BCUT2D eigenvalue weighted by molar-refractivity contribution is -0.127. The van der Waals surface area contributed by atoms with Crippen molar-refractivity contribution in [1.82, 2.24) is 4.90 Å². The summed E-state index contributed by atoms with van der Waals surface area (Å²) in [7, 11) is 0. The summed E-state index contributed by atoms with van der Waals surface area (Å²) < 4.78 is 10.8. The number of hydrogen-bond donors (Lipinski definition) is 1. The number of ether oxygens (including phenoxy) is 1. The molecule has 1 N–H and O–H groups in total. The lowest BCUT2D eigenvalue weighted by atomic mass is 10.1. The first-order valence-electron chi connectivity index (χ1n) is 11.0. The Balaban J connectivity index is 1.46. The number of rotatable bonds is 7. The highest BCUT2D eigenvalue weighted by atomic mass is 35.5. The maximum Gasteiger partial charge on any atom is 0.339 e. The van der Waals surface area contributed by atoms with Crippen LogP contribution in [0, 0.1) is 6.92 Å². The fraction of sp³-hybridized carbons (Fsp3) is 0.154. The third kappa shape index (κ3) is 6.07. The van der Waals surface area contributed by atoms with Gasteiger partial charge in [-0.3, -0.25) is 19.3 Å². The van der Waals surface area contributed by atoms with Gasteiger partial charge < -0.3 is 14.5 Å². The van der Waals surface area contributed by atoms with Crippen LogP contribution in [0.25, 0.3) is 17.4 Å². The lowest BCUT2D eigenvalue weighted by Gasteiger charge is -2.12. The maximum atomic E-state index is 12.8. The predicted molar refractivity (Wildman–Crippen MR) is 143 cm³/mol. The van der Waals surface area contributed by atoms with Crippen molar-refractivity contribution in [2.45, 2.75) is 13.8 Å². The van der Waals surface area contributed by atoms with E-state index in [0.29, 0.717) is 39.6 Å². The number of thioether (sulfide) groups is 1. The Morgan fingerprint density at radius 2 is 1.86 bits per heavy atom. The first-order valence-corrected chi connectivity index (χ1v) is 12.6. The first kappa shape index (κ1) is 26.5. The highest BCUT2D eigenvalue weighted by Crippen LogP contribution is 2.34. The van der Waals surface area contributed by atoms with E-state index in [9.17, 15) is 19.2 Å². The lowest BCUT2D eigenvalue weighted by Crippen LogP contribution is -2.36. The van der Waals surface area contributed by atoms with E-state index in [1.165, 1.54) is 6.08 Å². The molecule has 8 nitrogen and oxygen atoms in total. The number of halogens is 2. The second-order valence-electron chi connectivity index (χ2n) is 7.90. The van der Waals surface area contributed by atoms with Gasteiger partial charge in [-0.25, -0.2) is 4.79 Å². The Morgan fingerprint density at radius 3 is 2.59 bits per heavy atom. The zero-order chi connectivity index (χ0) is 26.7. The number of benzene rings is 2. The molecule has 3 aromatic rings. The zero-order valence-corrected chi connectivity index (χ0v) is 22.0. The van der Waals surface area contributed by atoms with Gasteiger partial charge in [-0.05, 0) is 73.6 Å². The average Bonchev–Trinajstić information content (AvgIpc) is 3.42. The van der Waals surface area contributed by atoms with Crippen LogP contribution in [-0.2, 0) is 14.3 Å². The summed E-state index contributed by atoms with van der Waals surface area (Å²) in [5.74, 6) is -0.968. The second kappa shape index (κ2) is 11.2. The van der Waals surface area contributed by atoms with Crippen molar-refractivity contribution in [1.29, 1.82) is 0 Å². The molecular weight excluding hydrogens is 539 g/mol. The molecule has 0 atom stereocenters. The molecule has 0 bridgehead atoms. The van der Waals surface area contributed by atoms with Crippen LogP contribution in [0.4, 0.5) is 10.5 Å². The summed E-state index contributed by atoms with van der Waals surface area (Å²) in [6.45, 7) is 3.29. The van der Waals surface area contributed by atoms with Crippen molar-refractivity contribution >= 4 is 69.8 Å². The fourth-order valence-electron chi connectivity index (χ4n) is 3.41. The van der Waals surface area contributed by atoms with Gasteiger partial charge in [0.15, 0.2) is 0 Å². The minimum absolute atomic E-state index is 0.111. The van der Waals surface area contributed by atoms with Crippen LogP contribution in [0.3, 0.4) is 0 Å². The van der Waals surface area contributed by atoms with Gasteiger partial charge in [-0.1, -0.05) is 29.3 Å². The minimum atomic E-state index is -0.610. The van der Waals surface area contributed by atoms with Crippen molar-refractivity contribution in [3.05, 3.63) is 80.4 Å². The Kier molecular flexibility index (Phi) is 8.06. The number of anilines is 1.